The highest BCUT2D eigenvalue weighted by Gasteiger charge is 2.16. The summed E-state index contributed by atoms with van der Waals surface area (Å²) in [7, 11) is 0. The number of thiazole rings is 1. The van der Waals surface area contributed by atoms with Crippen LogP contribution in [-0.2, 0) is 6.42 Å². The van der Waals surface area contributed by atoms with Gasteiger partial charge in [-0.05, 0) is 32.9 Å². The molecular formula is C13H17N3OS2. The summed E-state index contributed by atoms with van der Waals surface area (Å²) in [6.07, 6.45) is 0.845. The van der Waals surface area contributed by atoms with E-state index in [1.807, 2.05) is 6.92 Å². The standard InChI is InChI=1S/C13H17N3OS2/c1-7(6-10-5-4-8(2)18-10)15-12(17)11-9(3)16-13(14)19-11/h4-5,7H,6H2,1-3H3,(H2,14,16)(H,15,17). The molecule has 0 aliphatic heterocycles. The highest BCUT2D eigenvalue weighted by molar-refractivity contribution is 7.17. The Morgan fingerprint density at radius 2 is 2.16 bits per heavy atom. The summed E-state index contributed by atoms with van der Waals surface area (Å²) in [5.74, 6) is -0.0903. The van der Waals surface area contributed by atoms with Crippen molar-refractivity contribution in [1.82, 2.24) is 10.3 Å². The molecule has 2 aromatic heterocycles. The number of aryl methyl sites for hydroxylation is 2. The van der Waals surface area contributed by atoms with Crippen LogP contribution in [0.3, 0.4) is 0 Å². The van der Waals surface area contributed by atoms with Gasteiger partial charge in [0.05, 0.1) is 5.69 Å². The van der Waals surface area contributed by atoms with E-state index >= 15 is 0 Å². The normalized spacial score (nSPS) is 12.4. The van der Waals surface area contributed by atoms with Crippen LogP contribution < -0.4 is 11.1 Å². The molecule has 0 saturated heterocycles. The monoisotopic (exact) mass is 295 g/mol. The Balaban J connectivity index is 1.97. The zero-order valence-electron chi connectivity index (χ0n) is 11.2. The van der Waals surface area contributed by atoms with Gasteiger partial charge in [0, 0.05) is 22.2 Å². The van der Waals surface area contributed by atoms with Crippen LogP contribution in [-0.4, -0.2) is 16.9 Å². The summed E-state index contributed by atoms with van der Waals surface area (Å²) in [5, 5.41) is 3.43. The van der Waals surface area contributed by atoms with Gasteiger partial charge in [0.15, 0.2) is 5.13 Å². The van der Waals surface area contributed by atoms with Gasteiger partial charge in [0.2, 0.25) is 0 Å². The number of nitrogens with two attached hydrogens (primary N) is 1. The molecule has 0 saturated carbocycles. The molecule has 4 nitrogen and oxygen atoms in total. The SMILES string of the molecule is Cc1ccc(CC(C)NC(=O)c2sc(N)nc2C)s1. The number of hydrogen-bond donors (Lipinski definition) is 2. The zero-order valence-corrected chi connectivity index (χ0v) is 12.8. The first-order chi connectivity index (χ1) is 8.95. The molecule has 0 aliphatic rings. The van der Waals surface area contributed by atoms with Gasteiger partial charge in [-0.1, -0.05) is 11.3 Å². The maximum Gasteiger partial charge on any atom is 0.263 e. The Morgan fingerprint density at radius 3 is 2.68 bits per heavy atom. The van der Waals surface area contributed by atoms with Crippen LogP contribution in [0, 0.1) is 13.8 Å². The minimum absolute atomic E-state index is 0.0903. The molecule has 0 spiro atoms. The van der Waals surface area contributed by atoms with Gasteiger partial charge >= 0.3 is 0 Å². The molecule has 0 fully saturated rings. The molecule has 0 aliphatic carbocycles. The van der Waals surface area contributed by atoms with Crippen molar-refractivity contribution < 1.29 is 4.79 Å². The fraction of sp³-hybridized carbons (Fsp3) is 0.385. The number of thiophene rings is 1. The van der Waals surface area contributed by atoms with E-state index in [4.69, 9.17) is 5.73 Å². The molecule has 0 radical (unpaired) electrons. The number of aromatic nitrogens is 1. The van der Waals surface area contributed by atoms with E-state index in [-0.39, 0.29) is 11.9 Å². The van der Waals surface area contributed by atoms with Gasteiger partial charge in [-0.3, -0.25) is 4.79 Å². The van der Waals surface area contributed by atoms with E-state index in [0.29, 0.717) is 15.7 Å². The molecule has 102 valence electrons. The van der Waals surface area contributed by atoms with Crippen molar-refractivity contribution in [2.75, 3.05) is 5.73 Å². The van der Waals surface area contributed by atoms with E-state index in [0.717, 1.165) is 6.42 Å². The predicted octanol–water partition coefficient (Wildman–Crippen LogP) is 2.76. The number of anilines is 1. The third-order valence-corrected chi connectivity index (χ3v) is 4.71. The Hall–Kier alpha value is -1.40. The molecule has 2 aromatic rings. The second-order valence-corrected chi connectivity index (χ2v) is 6.96. The molecule has 1 unspecified atom stereocenters. The molecular weight excluding hydrogens is 278 g/mol. The number of nitrogens with one attached hydrogen (secondary N) is 1. The fourth-order valence-corrected chi connectivity index (χ4v) is 3.62. The molecule has 19 heavy (non-hydrogen) atoms. The molecule has 0 bridgehead atoms. The number of rotatable bonds is 4. The van der Waals surface area contributed by atoms with Crippen molar-refractivity contribution in [3.05, 3.63) is 32.5 Å². The van der Waals surface area contributed by atoms with Crippen molar-refractivity contribution in [3.8, 4) is 0 Å². The Labute approximate surface area is 120 Å². The molecule has 6 heteroatoms. The maximum absolute atomic E-state index is 12.1. The van der Waals surface area contributed by atoms with Crippen molar-refractivity contribution in [2.45, 2.75) is 33.2 Å². The summed E-state index contributed by atoms with van der Waals surface area (Å²) in [6.45, 7) is 5.89. The van der Waals surface area contributed by atoms with Crippen LogP contribution in [0.25, 0.3) is 0 Å². The van der Waals surface area contributed by atoms with Crippen LogP contribution in [0.4, 0.5) is 5.13 Å². The maximum atomic E-state index is 12.1. The minimum Gasteiger partial charge on any atom is -0.375 e. The number of hydrogen-bond acceptors (Lipinski definition) is 5. The van der Waals surface area contributed by atoms with Crippen molar-refractivity contribution >= 4 is 33.7 Å². The first kappa shape index (κ1) is 14.0. The molecule has 0 aromatic carbocycles. The lowest BCUT2D eigenvalue weighted by atomic mass is 10.2. The minimum atomic E-state index is -0.0903. The van der Waals surface area contributed by atoms with Crippen LogP contribution >= 0.6 is 22.7 Å². The highest BCUT2D eigenvalue weighted by Crippen LogP contribution is 2.20. The van der Waals surface area contributed by atoms with E-state index in [1.54, 1.807) is 18.3 Å². The van der Waals surface area contributed by atoms with Gasteiger partial charge in [-0.25, -0.2) is 4.98 Å². The second-order valence-electron chi connectivity index (χ2n) is 4.56. The van der Waals surface area contributed by atoms with Gasteiger partial charge < -0.3 is 11.1 Å². The number of carbonyl (C=O) groups excluding carboxylic acids is 1. The smallest absolute Gasteiger partial charge is 0.263 e. The van der Waals surface area contributed by atoms with Crippen molar-refractivity contribution in [1.29, 1.82) is 0 Å². The summed E-state index contributed by atoms with van der Waals surface area (Å²) in [6, 6.07) is 4.30. The summed E-state index contributed by atoms with van der Waals surface area (Å²) in [5.41, 5.74) is 6.30. The Morgan fingerprint density at radius 1 is 1.42 bits per heavy atom. The van der Waals surface area contributed by atoms with Gasteiger partial charge in [0.25, 0.3) is 5.91 Å². The third kappa shape index (κ3) is 3.54. The van der Waals surface area contributed by atoms with Crippen LogP contribution in [0.15, 0.2) is 12.1 Å². The quantitative estimate of drug-likeness (QED) is 0.911. The lowest BCUT2D eigenvalue weighted by Gasteiger charge is -2.12. The lowest BCUT2D eigenvalue weighted by molar-refractivity contribution is 0.0943. The van der Waals surface area contributed by atoms with Crippen molar-refractivity contribution in [2.24, 2.45) is 0 Å². The average molecular weight is 295 g/mol. The van der Waals surface area contributed by atoms with E-state index < -0.39 is 0 Å². The molecule has 2 rings (SSSR count). The van der Waals surface area contributed by atoms with Crippen LogP contribution in [0.2, 0.25) is 0 Å². The van der Waals surface area contributed by atoms with Crippen LogP contribution in [0.5, 0.6) is 0 Å². The van der Waals surface area contributed by atoms with E-state index in [1.165, 1.54) is 21.1 Å². The summed E-state index contributed by atoms with van der Waals surface area (Å²) >= 11 is 3.00. The average Bonchev–Trinajstić information content (AvgIpc) is 2.84. The number of amides is 1. The Kier molecular flexibility index (Phi) is 4.21. The van der Waals surface area contributed by atoms with Gasteiger partial charge in [-0.15, -0.1) is 11.3 Å². The number of nitrogen functional groups attached to an aromatic ring is 1. The van der Waals surface area contributed by atoms with Gasteiger partial charge in [-0.2, -0.15) is 0 Å². The largest absolute Gasteiger partial charge is 0.375 e. The molecule has 2 heterocycles. The first-order valence-electron chi connectivity index (χ1n) is 6.05. The topological polar surface area (TPSA) is 68.0 Å². The van der Waals surface area contributed by atoms with E-state index in [2.05, 4.69) is 29.4 Å². The molecule has 1 atom stereocenters. The predicted molar refractivity (Wildman–Crippen MR) is 81.0 cm³/mol. The molecule has 3 N–H and O–H groups in total. The fourth-order valence-electron chi connectivity index (χ4n) is 1.86. The zero-order chi connectivity index (χ0) is 14.0. The number of nitrogens with zero attached hydrogens (tertiary/aromatic N) is 1. The van der Waals surface area contributed by atoms with Gasteiger partial charge in [0.1, 0.15) is 4.88 Å². The van der Waals surface area contributed by atoms with Crippen molar-refractivity contribution in [3.63, 3.8) is 0 Å². The van der Waals surface area contributed by atoms with E-state index in [9.17, 15) is 4.79 Å². The highest BCUT2D eigenvalue weighted by atomic mass is 32.1. The summed E-state index contributed by atoms with van der Waals surface area (Å²) in [4.78, 5) is 19.3. The lowest BCUT2D eigenvalue weighted by Crippen LogP contribution is -2.33. The Bertz CT molecular complexity index is 588. The molecule has 1 amide bonds. The third-order valence-electron chi connectivity index (χ3n) is 2.70. The van der Waals surface area contributed by atoms with Crippen LogP contribution in [0.1, 0.15) is 32.0 Å². The summed E-state index contributed by atoms with van der Waals surface area (Å²) < 4.78 is 0. The first-order valence-corrected chi connectivity index (χ1v) is 7.68. The second kappa shape index (κ2) is 5.71. The number of carbonyl (C=O) groups is 1.